The van der Waals surface area contributed by atoms with E-state index in [1.165, 1.54) is 0 Å². The van der Waals surface area contributed by atoms with Gasteiger partial charge in [-0.3, -0.25) is 0 Å². The number of carbonyl (C=O) groups excluding carboxylic acids is 1. The molecule has 0 atom stereocenters. The molecule has 1 aromatic rings. The number of hydrogen-bond acceptors (Lipinski definition) is 2. The summed E-state index contributed by atoms with van der Waals surface area (Å²) in [5.74, 6) is -0.865. The molecule has 2 nitrogen and oxygen atoms in total. The molecule has 1 aliphatic heterocycles. The maximum atomic E-state index is 13.5. The number of esters is 1. The van der Waals surface area contributed by atoms with E-state index in [1.807, 2.05) is 0 Å². The molecule has 0 unspecified atom stereocenters. The minimum atomic E-state index is -4.52. The topological polar surface area (TPSA) is 26.3 Å². The molecule has 0 spiro atoms. The number of benzene rings is 1. The van der Waals surface area contributed by atoms with Crippen molar-refractivity contribution in [3.8, 4) is 0 Å². The fourth-order valence-corrected chi connectivity index (χ4v) is 2.95. The highest BCUT2D eigenvalue weighted by molar-refractivity contribution is 5.95. The Balaban J connectivity index is 2.06. The summed E-state index contributed by atoms with van der Waals surface area (Å²) in [4.78, 5) is 11.8. The summed E-state index contributed by atoms with van der Waals surface area (Å²) in [6, 6.07) is 8.42. The highest BCUT2D eigenvalue weighted by Crippen LogP contribution is 2.42. The highest BCUT2D eigenvalue weighted by Gasteiger charge is 2.42. The summed E-state index contributed by atoms with van der Waals surface area (Å²) in [5.41, 5.74) is 0.665. The number of alkyl halides is 3. The third-order valence-electron chi connectivity index (χ3n) is 4.02. The number of cyclic esters (lactones) is 1. The summed E-state index contributed by atoms with van der Waals surface area (Å²) < 4.78 is 45.4. The van der Waals surface area contributed by atoms with Crippen molar-refractivity contribution in [1.29, 1.82) is 0 Å². The quantitative estimate of drug-likeness (QED) is 0.753. The number of allylic oxidation sites excluding steroid dienone is 2. The van der Waals surface area contributed by atoms with Gasteiger partial charge in [0.2, 0.25) is 0 Å². The fraction of sp³-hybridized carbons (Fsp3) is 0.353. The lowest BCUT2D eigenvalue weighted by atomic mass is 9.90. The molecule has 22 heavy (non-hydrogen) atoms. The number of carbonyl (C=O) groups is 1. The van der Waals surface area contributed by atoms with E-state index in [1.54, 1.807) is 30.3 Å². The van der Waals surface area contributed by atoms with Crippen LogP contribution >= 0.6 is 0 Å². The SMILES string of the molecule is O=C1OC(=C(Cc2ccccc2)C(F)(F)F)C2=C1CCCC2. The van der Waals surface area contributed by atoms with Crippen LogP contribution in [0.2, 0.25) is 0 Å². The molecule has 0 amide bonds. The number of halogens is 3. The van der Waals surface area contributed by atoms with Crippen molar-refractivity contribution < 1.29 is 22.7 Å². The zero-order valence-corrected chi connectivity index (χ0v) is 11.9. The van der Waals surface area contributed by atoms with Crippen LogP contribution < -0.4 is 0 Å². The second-order valence-corrected chi connectivity index (χ2v) is 5.52. The van der Waals surface area contributed by atoms with Crippen molar-refractivity contribution in [2.24, 2.45) is 0 Å². The molecular weight excluding hydrogens is 293 g/mol. The molecule has 0 fully saturated rings. The van der Waals surface area contributed by atoms with Crippen LogP contribution in [0.1, 0.15) is 31.2 Å². The lowest BCUT2D eigenvalue weighted by Gasteiger charge is -2.17. The first-order valence-corrected chi connectivity index (χ1v) is 7.25. The van der Waals surface area contributed by atoms with Gasteiger partial charge in [-0.2, -0.15) is 13.2 Å². The van der Waals surface area contributed by atoms with Gasteiger partial charge in [-0.1, -0.05) is 30.3 Å². The number of hydrogen-bond donors (Lipinski definition) is 0. The molecule has 5 heteroatoms. The molecule has 0 saturated carbocycles. The van der Waals surface area contributed by atoms with Gasteiger partial charge >= 0.3 is 12.1 Å². The van der Waals surface area contributed by atoms with Crippen LogP contribution in [-0.4, -0.2) is 12.1 Å². The van der Waals surface area contributed by atoms with Crippen LogP contribution in [0.5, 0.6) is 0 Å². The largest absolute Gasteiger partial charge is 0.423 e. The first-order chi connectivity index (χ1) is 10.5. The van der Waals surface area contributed by atoms with Crippen molar-refractivity contribution in [2.45, 2.75) is 38.3 Å². The second kappa shape index (κ2) is 5.63. The zero-order chi connectivity index (χ0) is 15.7. The lowest BCUT2D eigenvalue weighted by Crippen LogP contribution is -2.18. The lowest BCUT2D eigenvalue weighted by molar-refractivity contribution is -0.134. The van der Waals surface area contributed by atoms with Gasteiger partial charge in [0.25, 0.3) is 0 Å². The molecular formula is C17H15F3O2. The van der Waals surface area contributed by atoms with Crippen molar-refractivity contribution in [3.05, 3.63) is 58.4 Å². The molecule has 1 aliphatic carbocycles. The number of ether oxygens (including phenoxy) is 1. The van der Waals surface area contributed by atoms with Gasteiger partial charge in [-0.15, -0.1) is 0 Å². The molecule has 1 heterocycles. The molecule has 0 bridgehead atoms. The maximum Gasteiger partial charge on any atom is 0.416 e. The molecule has 0 N–H and O–H groups in total. The summed E-state index contributed by atoms with van der Waals surface area (Å²) in [6.07, 6.45) is -2.22. The van der Waals surface area contributed by atoms with Crippen LogP contribution in [0, 0.1) is 0 Å². The summed E-state index contributed by atoms with van der Waals surface area (Å²) in [7, 11) is 0. The molecule has 2 aliphatic rings. The molecule has 0 saturated heterocycles. The highest BCUT2D eigenvalue weighted by atomic mass is 19.4. The summed E-state index contributed by atoms with van der Waals surface area (Å²) in [5, 5.41) is 0. The van der Waals surface area contributed by atoms with Crippen LogP contribution in [0.25, 0.3) is 0 Å². The first-order valence-electron chi connectivity index (χ1n) is 7.25. The predicted octanol–water partition coefficient (Wildman–Crippen LogP) is 4.47. The predicted molar refractivity (Wildman–Crippen MR) is 74.8 cm³/mol. The Morgan fingerprint density at radius 2 is 1.68 bits per heavy atom. The van der Waals surface area contributed by atoms with Crippen LogP contribution in [0.15, 0.2) is 52.8 Å². The molecule has 0 radical (unpaired) electrons. The standard InChI is InChI=1S/C17H15F3O2/c18-17(19,20)14(10-11-6-2-1-3-7-11)15-12-8-4-5-9-13(12)16(21)22-15/h1-3,6-7H,4-5,8-10H2. The van der Waals surface area contributed by atoms with Crippen molar-refractivity contribution >= 4 is 5.97 Å². The third-order valence-corrected chi connectivity index (χ3v) is 4.02. The average molecular weight is 308 g/mol. The van der Waals surface area contributed by atoms with Gasteiger partial charge in [-0.05, 0) is 31.2 Å². The van der Waals surface area contributed by atoms with Crippen LogP contribution in [-0.2, 0) is 16.0 Å². The van der Waals surface area contributed by atoms with Gasteiger partial charge in [0.05, 0.1) is 5.57 Å². The molecule has 0 aromatic heterocycles. The van der Waals surface area contributed by atoms with E-state index in [4.69, 9.17) is 4.74 Å². The summed E-state index contributed by atoms with van der Waals surface area (Å²) >= 11 is 0. The molecule has 1 aromatic carbocycles. The van der Waals surface area contributed by atoms with E-state index in [0.29, 0.717) is 29.6 Å². The van der Waals surface area contributed by atoms with E-state index < -0.39 is 17.7 Å². The van der Waals surface area contributed by atoms with E-state index >= 15 is 0 Å². The van der Waals surface area contributed by atoms with Crippen LogP contribution in [0.4, 0.5) is 13.2 Å². The van der Waals surface area contributed by atoms with E-state index in [9.17, 15) is 18.0 Å². The van der Waals surface area contributed by atoms with Crippen molar-refractivity contribution in [2.75, 3.05) is 0 Å². The zero-order valence-electron chi connectivity index (χ0n) is 11.9. The third kappa shape index (κ3) is 2.80. The Kier molecular flexibility index (Phi) is 3.81. The molecule has 3 rings (SSSR count). The van der Waals surface area contributed by atoms with Gasteiger partial charge < -0.3 is 4.74 Å². The normalized spacial score (nSPS) is 20.8. The fourth-order valence-electron chi connectivity index (χ4n) is 2.95. The van der Waals surface area contributed by atoms with Gasteiger partial charge in [-0.25, -0.2) is 4.79 Å². The Labute approximate surface area is 126 Å². The Bertz CT molecular complexity index is 654. The Morgan fingerprint density at radius 3 is 2.32 bits per heavy atom. The average Bonchev–Trinajstić information content (AvgIpc) is 2.82. The van der Waals surface area contributed by atoms with E-state index in [2.05, 4.69) is 0 Å². The maximum absolute atomic E-state index is 13.5. The van der Waals surface area contributed by atoms with Crippen molar-refractivity contribution in [1.82, 2.24) is 0 Å². The smallest absolute Gasteiger partial charge is 0.416 e. The monoisotopic (exact) mass is 308 g/mol. The van der Waals surface area contributed by atoms with Gasteiger partial charge in [0, 0.05) is 17.6 Å². The summed E-state index contributed by atoms with van der Waals surface area (Å²) in [6.45, 7) is 0. The minimum absolute atomic E-state index is 0.254. The Hall–Kier alpha value is -2.04. The van der Waals surface area contributed by atoms with Gasteiger partial charge in [0.15, 0.2) is 0 Å². The van der Waals surface area contributed by atoms with Gasteiger partial charge in [0.1, 0.15) is 5.76 Å². The molecule has 116 valence electrons. The van der Waals surface area contributed by atoms with Crippen LogP contribution in [0.3, 0.4) is 0 Å². The van der Waals surface area contributed by atoms with E-state index in [0.717, 1.165) is 12.8 Å². The van der Waals surface area contributed by atoms with Crippen molar-refractivity contribution in [3.63, 3.8) is 0 Å². The minimum Gasteiger partial charge on any atom is -0.423 e. The number of rotatable bonds is 2. The Morgan fingerprint density at radius 1 is 1.05 bits per heavy atom. The first kappa shape index (κ1) is 14.9. The second-order valence-electron chi connectivity index (χ2n) is 5.52. The van der Waals surface area contributed by atoms with E-state index in [-0.39, 0.29) is 12.2 Å².